The van der Waals surface area contributed by atoms with Gasteiger partial charge in [-0.2, -0.15) is 0 Å². The minimum atomic E-state index is -1.28. The van der Waals surface area contributed by atoms with E-state index in [0.29, 0.717) is 11.8 Å². The predicted octanol–water partition coefficient (Wildman–Crippen LogP) is 4.01. The van der Waals surface area contributed by atoms with E-state index in [1.165, 1.54) is 39.3 Å². The Labute approximate surface area is 157 Å². The molecule has 0 aliphatic carbocycles. The van der Waals surface area contributed by atoms with Gasteiger partial charge >= 0.3 is 0 Å². The molecule has 25 heavy (non-hydrogen) atoms. The number of carbonyl (C=O) groups excluding carboxylic acids is 1. The van der Waals surface area contributed by atoms with Gasteiger partial charge in [-0.1, -0.05) is 17.7 Å². The number of carbonyl (C=O) groups is 1. The molecule has 0 bridgehead atoms. The Morgan fingerprint density at radius 2 is 1.88 bits per heavy atom. The summed E-state index contributed by atoms with van der Waals surface area (Å²) in [6, 6.07) is 5.40. The molecule has 0 fully saturated rings. The molecule has 0 aliphatic rings. The average molecular weight is 533 g/mol. The summed E-state index contributed by atoms with van der Waals surface area (Å²) < 4.78 is 44.1. The zero-order chi connectivity index (χ0) is 18.3. The minimum Gasteiger partial charge on any atom is -0.512 e. The van der Waals surface area contributed by atoms with Gasteiger partial charge in [-0.25, -0.2) is 4.39 Å². The first-order valence-corrected chi connectivity index (χ1v) is 6.69. The van der Waals surface area contributed by atoms with Crippen LogP contribution in [0.3, 0.4) is 0 Å². The predicted molar refractivity (Wildman–Crippen MR) is 82.0 cm³/mol. The van der Waals surface area contributed by atoms with Crippen LogP contribution in [0.1, 0.15) is 13.8 Å². The van der Waals surface area contributed by atoms with Crippen LogP contribution in [0.5, 0.6) is 5.75 Å². The van der Waals surface area contributed by atoms with Crippen molar-refractivity contribution in [2.45, 2.75) is 13.8 Å². The Balaban J connectivity index is 0.000000620. The smallest absolute Gasteiger partial charge is 0.155 e. The van der Waals surface area contributed by atoms with Gasteiger partial charge in [0, 0.05) is 39.2 Å². The molecule has 0 amide bonds. The summed E-state index contributed by atoms with van der Waals surface area (Å²) in [7, 11) is 1.43. The maximum absolute atomic E-state index is 13.4. The molecule has 0 saturated carbocycles. The summed E-state index contributed by atoms with van der Waals surface area (Å²) in [5.41, 5.74) is -0.108. The summed E-state index contributed by atoms with van der Waals surface area (Å²) in [5, 5.41) is 8.36. The molecule has 138 valence electrons. The minimum absolute atomic E-state index is 0. The number of rotatable bonds is 3. The quantitative estimate of drug-likeness (QED) is 0.281. The molecule has 0 atom stereocenters. The van der Waals surface area contributed by atoms with Crippen LogP contribution < -0.4 is 4.74 Å². The van der Waals surface area contributed by atoms with E-state index in [1.807, 2.05) is 6.07 Å². The third-order valence-electron chi connectivity index (χ3n) is 2.57. The van der Waals surface area contributed by atoms with Crippen molar-refractivity contribution >= 4 is 5.78 Å². The number of halogens is 3. The van der Waals surface area contributed by atoms with E-state index in [1.54, 1.807) is 6.07 Å². The van der Waals surface area contributed by atoms with Crippen molar-refractivity contribution in [2.75, 3.05) is 7.11 Å². The first kappa shape index (κ1) is 22.9. The van der Waals surface area contributed by atoms with Gasteiger partial charge in [-0.05, 0) is 31.7 Å². The molecule has 4 nitrogen and oxygen atoms in total. The van der Waals surface area contributed by atoms with Gasteiger partial charge in [0.1, 0.15) is 5.75 Å². The number of nitrogens with zero attached hydrogens (tertiary/aromatic N) is 1. The molecule has 8 heteroatoms. The number of hydrogen-bond donors (Lipinski definition) is 1. The van der Waals surface area contributed by atoms with E-state index in [9.17, 15) is 18.0 Å². The molecule has 1 heterocycles. The molecule has 1 aromatic heterocycles. The number of aromatic nitrogens is 1. The third kappa shape index (κ3) is 7.52. The van der Waals surface area contributed by atoms with Crippen LogP contribution in [-0.2, 0) is 25.9 Å². The molecular formula is C17H15F3NO3Pt-. The van der Waals surface area contributed by atoms with Crippen LogP contribution in [0.15, 0.2) is 36.2 Å². The zero-order valence-electron chi connectivity index (χ0n) is 13.5. The van der Waals surface area contributed by atoms with Crippen molar-refractivity contribution in [3.63, 3.8) is 0 Å². The van der Waals surface area contributed by atoms with Gasteiger partial charge in [-0.3, -0.25) is 13.6 Å². The van der Waals surface area contributed by atoms with Crippen LogP contribution in [0.25, 0.3) is 11.3 Å². The molecule has 1 N–H and O–H groups in total. The number of benzene rings is 1. The summed E-state index contributed by atoms with van der Waals surface area (Å²) >= 11 is 0. The van der Waals surface area contributed by atoms with Crippen LogP contribution in [0.2, 0.25) is 0 Å². The Morgan fingerprint density at radius 1 is 1.24 bits per heavy atom. The van der Waals surface area contributed by atoms with E-state index in [0.717, 1.165) is 0 Å². The summed E-state index contributed by atoms with van der Waals surface area (Å²) in [4.78, 5) is 13.9. The van der Waals surface area contributed by atoms with Crippen LogP contribution in [0, 0.1) is 23.5 Å². The van der Waals surface area contributed by atoms with Crippen molar-refractivity contribution < 1.29 is 48.9 Å². The van der Waals surface area contributed by atoms with Crippen LogP contribution >= 0.6 is 0 Å². The third-order valence-corrected chi connectivity index (χ3v) is 2.57. The Kier molecular flexibility index (Phi) is 9.75. The second kappa shape index (κ2) is 10.7. The second-order valence-electron chi connectivity index (χ2n) is 4.63. The molecule has 0 radical (unpaired) electrons. The molecule has 0 aliphatic heterocycles. The van der Waals surface area contributed by atoms with Gasteiger partial charge in [0.2, 0.25) is 0 Å². The summed E-state index contributed by atoms with van der Waals surface area (Å²) in [6.45, 7) is 2.85. The van der Waals surface area contributed by atoms with E-state index in [2.05, 4.69) is 4.98 Å². The van der Waals surface area contributed by atoms with Crippen molar-refractivity contribution in [1.29, 1.82) is 0 Å². The van der Waals surface area contributed by atoms with Gasteiger partial charge in [0.25, 0.3) is 0 Å². The fraction of sp³-hybridized carbons (Fsp3) is 0.176. The monoisotopic (exact) mass is 533 g/mol. The SMILES string of the molecule is CC(=O)/C=C(/C)O.COc1ccnc(-c2[c-]c(F)c(F)cc2F)c1.[Pt]. The van der Waals surface area contributed by atoms with Gasteiger partial charge in [0.15, 0.2) is 5.78 Å². The number of ketones is 1. The number of aliphatic hydroxyl groups is 1. The van der Waals surface area contributed by atoms with Crippen molar-refractivity contribution in [3.05, 3.63) is 59.7 Å². The number of methoxy groups -OCH3 is 1. The molecule has 1 aromatic carbocycles. The Hall–Kier alpha value is -2.14. The van der Waals surface area contributed by atoms with Crippen molar-refractivity contribution in [2.24, 2.45) is 0 Å². The van der Waals surface area contributed by atoms with E-state index in [4.69, 9.17) is 9.84 Å². The molecule has 0 saturated heterocycles. The number of aliphatic hydroxyl groups excluding tert-OH is 1. The Bertz CT molecular complexity index is 763. The molecule has 2 aromatic rings. The molecule has 0 unspecified atom stereocenters. The fourth-order valence-corrected chi connectivity index (χ4v) is 1.63. The van der Waals surface area contributed by atoms with Gasteiger partial charge in [0.05, 0.1) is 24.5 Å². The number of ether oxygens (including phenoxy) is 1. The van der Waals surface area contributed by atoms with E-state index in [-0.39, 0.29) is 43.9 Å². The maximum Gasteiger partial charge on any atom is 0.155 e. The van der Waals surface area contributed by atoms with Gasteiger partial charge < -0.3 is 14.8 Å². The average Bonchev–Trinajstić information content (AvgIpc) is 2.50. The first-order valence-electron chi connectivity index (χ1n) is 6.69. The number of pyridine rings is 1. The van der Waals surface area contributed by atoms with Gasteiger partial charge in [-0.15, -0.1) is 0 Å². The largest absolute Gasteiger partial charge is 0.512 e. The normalized spacial score (nSPS) is 10.2. The maximum atomic E-state index is 13.4. The molecular weight excluding hydrogens is 518 g/mol. The van der Waals surface area contributed by atoms with E-state index >= 15 is 0 Å². The number of hydrogen-bond acceptors (Lipinski definition) is 4. The summed E-state index contributed by atoms with van der Waals surface area (Å²) in [5.74, 6) is -3.08. The standard InChI is InChI=1S/C12H7F3NO.C5H8O2.Pt/c1-17-7-2-3-16-12(4-7)8-5-10(14)11(15)6-9(8)13;1-4(6)3-5(2)7;/h2-4,6H,1H3;3,6H,1-2H3;/q-1;;/b;4-3-;. The molecule has 2 rings (SSSR count). The summed E-state index contributed by atoms with van der Waals surface area (Å²) in [6.07, 6.45) is 2.54. The molecule has 0 spiro atoms. The number of allylic oxidation sites excluding steroid dienone is 2. The Morgan fingerprint density at radius 3 is 2.36 bits per heavy atom. The van der Waals surface area contributed by atoms with Crippen molar-refractivity contribution in [3.8, 4) is 17.0 Å². The fourth-order valence-electron chi connectivity index (χ4n) is 1.63. The van der Waals surface area contributed by atoms with Crippen LogP contribution in [0.4, 0.5) is 13.2 Å². The van der Waals surface area contributed by atoms with Crippen molar-refractivity contribution in [1.82, 2.24) is 4.98 Å². The topological polar surface area (TPSA) is 59.4 Å². The van der Waals surface area contributed by atoms with E-state index < -0.39 is 17.5 Å². The van der Waals surface area contributed by atoms with Crippen LogP contribution in [-0.4, -0.2) is 23.0 Å². The second-order valence-corrected chi connectivity index (χ2v) is 4.63. The first-order chi connectivity index (χ1) is 11.2. The zero-order valence-corrected chi connectivity index (χ0v) is 15.8.